The van der Waals surface area contributed by atoms with Gasteiger partial charge in [-0.1, -0.05) is 19.6 Å². The number of H-pyrrole nitrogens is 1. The minimum atomic E-state index is -1.15. The van der Waals surface area contributed by atoms with E-state index in [-0.39, 0.29) is 12.3 Å². The Labute approximate surface area is 133 Å². The number of hydrogen-bond donors (Lipinski definition) is 2. The van der Waals surface area contributed by atoms with Crippen molar-refractivity contribution in [2.24, 2.45) is 0 Å². The van der Waals surface area contributed by atoms with Crippen LogP contribution in [0.15, 0.2) is 0 Å². The van der Waals surface area contributed by atoms with Crippen molar-refractivity contribution >= 4 is 14.0 Å². The van der Waals surface area contributed by atoms with Crippen LogP contribution in [0.4, 0.5) is 0 Å². The van der Waals surface area contributed by atoms with Crippen molar-refractivity contribution in [1.29, 1.82) is 0 Å². The fraction of sp³-hybridized carbons (Fsp3) is 0.733. The Morgan fingerprint density at radius 2 is 2.00 bits per heavy atom. The first-order chi connectivity index (χ1) is 10.1. The Hall–Kier alpha value is -1.18. The number of hydrogen-bond acceptors (Lipinski definition) is 4. The molecular formula is C15H28N2O4Si. The molecule has 1 aromatic rings. The van der Waals surface area contributed by atoms with Crippen molar-refractivity contribution in [3.05, 3.63) is 17.2 Å². The summed E-state index contributed by atoms with van der Waals surface area (Å²) in [5, 5.41) is 9.29. The molecule has 0 fully saturated rings. The van der Waals surface area contributed by atoms with E-state index in [1.54, 1.807) is 0 Å². The predicted molar refractivity (Wildman–Crippen MR) is 88.0 cm³/mol. The fourth-order valence-electron chi connectivity index (χ4n) is 1.96. The van der Waals surface area contributed by atoms with E-state index in [1.807, 2.05) is 20.8 Å². The van der Waals surface area contributed by atoms with Gasteiger partial charge in [-0.3, -0.25) is 0 Å². The van der Waals surface area contributed by atoms with Gasteiger partial charge in [-0.05, 0) is 26.8 Å². The van der Waals surface area contributed by atoms with Gasteiger partial charge in [-0.2, -0.15) is 0 Å². The third kappa shape index (κ3) is 5.55. The third-order valence-corrected chi connectivity index (χ3v) is 5.00. The van der Waals surface area contributed by atoms with Crippen molar-refractivity contribution in [3.8, 4) is 0 Å². The summed E-state index contributed by atoms with van der Waals surface area (Å²) in [5.74, 6) is -0.547. The molecule has 1 rings (SSSR count). The number of aromatic amines is 1. The number of carboxylic acid groups (broad SMARTS) is 1. The molecule has 6 nitrogen and oxygen atoms in total. The van der Waals surface area contributed by atoms with Crippen LogP contribution in [0.5, 0.6) is 0 Å². The van der Waals surface area contributed by atoms with Crippen LogP contribution in [0.25, 0.3) is 0 Å². The maximum Gasteiger partial charge on any atom is 0.356 e. The lowest BCUT2D eigenvalue weighted by Gasteiger charge is -2.21. The molecule has 0 unspecified atom stereocenters. The Morgan fingerprint density at radius 3 is 2.50 bits per heavy atom. The Bertz CT molecular complexity index is 506. The summed E-state index contributed by atoms with van der Waals surface area (Å²) in [6.07, 6.45) is 0. The molecule has 0 saturated carbocycles. The molecular weight excluding hydrogens is 300 g/mol. The van der Waals surface area contributed by atoms with Gasteiger partial charge >= 0.3 is 5.97 Å². The quantitative estimate of drug-likeness (QED) is 0.537. The van der Waals surface area contributed by atoms with Gasteiger partial charge < -0.3 is 19.6 Å². The van der Waals surface area contributed by atoms with Crippen LogP contribution < -0.4 is 0 Å². The smallest absolute Gasteiger partial charge is 0.356 e. The minimum Gasteiger partial charge on any atom is -0.476 e. The fourth-order valence-corrected chi connectivity index (χ4v) is 2.71. The largest absolute Gasteiger partial charge is 0.476 e. The van der Waals surface area contributed by atoms with Crippen molar-refractivity contribution in [1.82, 2.24) is 9.97 Å². The summed E-state index contributed by atoms with van der Waals surface area (Å²) in [4.78, 5) is 18.6. The number of imidazole rings is 1. The number of nitrogens with one attached hydrogen (secondary N) is 1. The first kappa shape index (κ1) is 18.9. The first-order valence-electron chi connectivity index (χ1n) is 7.61. The number of rotatable bonds is 9. The normalized spacial score (nSPS) is 12.6. The van der Waals surface area contributed by atoms with Crippen LogP contribution in [0.3, 0.4) is 0 Å². The number of carbonyl (C=O) groups is 1. The number of ether oxygens (including phenoxy) is 2. The second-order valence-corrected chi connectivity index (χ2v) is 12.6. The number of aromatic carboxylic acids is 1. The molecule has 126 valence electrons. The van der Waals surface area contributed by atoms with Crippen LogP contribution in [0, 0.1) is 0 Å². The highest BCUT2D eigenvalue weighted by molar-refractivity contribution is 6.76. The van der Waals surface area contributed by atoms with Crippen molar-refractivity contribution in [2.75, 3.05) is 13.2 Å². The Balaban J connectivity index is 2.81. The van der Waals surface area contributed by atoms with E-state index in [1.165, 1.54) is 0 Å². The highest BCUT2D eigenvalue weighted by Crippen LogP contribution is 2.23. The standard InChI is InChI=1S/C15H28N2O4Si/c1-7-21-15(2,3)14-16-11(12(17-14)13(18)19)10-20-8-9-22(4,5)6/h7-10H2,1-6H3,(H,16,17)(H,18,19). The van der Waals surface area contributed by atoms with Crippen LogP contribution >= 0.6 is 0 Å². The molecule has 0 aliphatic carbocycles. The van der Waals surface area contributed by atoms with E-state index in [4.69, 9.17) is 9.47 Å². The molecule has 0 aliphatic heterocycles. The first-order valence-corrected chi connectivity index (χ1v) is 11.3. The molecule has 0 atom stereocenters. The monoisotopic (exact) mass is 328 g/mol. The van der Waals surface area contributed by atoms with Gasteiger partial charge in [0.1, 0.15) is 11.4 Å². The van der Waals surface area contributed by atoms with Crippen molar-refractivity contribution in [2.45, 2.75) is 58.7 Å². The summed E-state index contributed by atoms with van der Waals surface area (Å²) < 4.78 is 11.2. The predicted octanol–water partition coefficient (Wildman–Crippen LogP) is 3.23. The lowest BCUT2D eigenvalue weighted by molar-refractivity contribution is -0.0204. The summed E-state index contributed by atoms with van der Waals surface area (Å²) in [6.45, 7) is 13.8. The topological polar surface area (TPSA) is 84.4 Å². The van der Waals surface area contributed by atoms with Gasteiger partial charge in [-0.15, -0.1) is 0 Å². The molecule has 2 N–H and O–H groups in total. The van der Waals surface area contributed by atoms with E-state index >= 15 is 0 Å². The average molecular weight is 328 g/mol. The van der Waals surface area contributed by atoms with Crippen LogP contribution in [0.1, 0.15) is 42.8 Å². The minimum absolute atomic E-state index is 0.00998. The third-order valence-electron chi connectivity index (χ3n) is 3.30. The second kappa shape index (κ2) is 7.39. The van der Waals surface area contributed by atoms with Gasteiger partial charge in [0, 0.05) is 21.3 Å². The van der Waals surface area contributed by atoms with Crippen LogP contribution in [0.2, 0.25) is 25.7 Å². The number of carboxylic acids is 1. The molecule has 1 heterocycles. The maximum atomic E-state index is 11.3. The maximum absolute atomic E-state index is 11.3. The van der Waals surface area contributed by atoms with Gasteiger partial charge in [0.25, 0.3) is 0 Å². The molecule has 7 heteroatoms. The molecule has 0 amide bonds. The van der Waals surface area contributed by atoms with E-state index in [0.29, 0.717) is 24.7 Å². The zero-order valence-electron chi connectivity index (χ0n) is 14.4. The van der Waals surface area contributed by atoms with Crippen LogP contribution in [-0.4, -0.2) is 42.3 Å². The SMILES string of the molecule is CCOC(C)(C)c1nc(C(=O)O)c(COCC[Si](C)(C)C)[nH]1. The summed E-state index contributed by atoms with van der Waals surface area (Å²) in [6, 6.07) is 1.04. The molecule has 0 spiro atoms. The second-order valence-electron chi connectivity index (χ2n) is 7.02. The lowest BCUT2D eigenvalue weighted by atomic mass is 10.1. The zero-order valence-corrected chi connectivity index (χ0v) is 15.4. The summed E-state index contributed by atoms with van der Waals surface area (Å²) >= 11 is 0. The molecule has 0 bridgehead atoms. The average Bonchev–Trinajstić information content (AvgIpc) is 2.78. The highest BCUT2D eigenvalue weighted by atomic mass is 28.3. The highest BCUT2D eigenvalue weighted by Gasteiger charge is 2.28. The summed E-state index contributed by atoms with van der Waals surface area (Å²) in [5.41, 5.74) is -0.156. The van der Waals surface area contributed by atoms with Gasteiger partial charge in [-0.25, -0.2) is 9.78 Å². The van der Waals surface area contributed by atoms with Gasteiger partial charge in [0.15, 0.2) is 5.69 Å². The Kier molecular flexibility index (Phi) is 6.34. The zero-order chi connectivity index (χ0) is 17.0. The molecule has 22 heavy (non-hydrogen) atoms. The molecule has 0 saturated heterocycles. The van der Waals surface area contributed by atoms with Crippen molar-refractivity contribution < 1.29 is 19.4 Å². The molecule has 0 radical (unpaired) electrons. The van der Waals surface area contributed by atoms with E-state index in [2.05, 4.69) is 29.6 Å². The van der Waals surface area contributed by atoms with Gasteiger partial charge in [0.2, 0.25) is 0 Å². The van der Waals surface area contributed by atoms with E-state index < -0.39 is 19.6 Å². The van der Waals surface area contributed by atoms with E-state index in [0.717, 1.165) is 6.04 Å². The summed E-state index contributed by atoms with van der Waals surface area (Å²) in [7, 11) is -1.15. The lowest BCUT2D eigenvalue weighted by Crippen LogP contribution is -2.23. The van der Waals surface area contributed by atoms with Gasteiger partial charge in [0.05, 0.1) is 12.3 Å². The number of aromatic nitrogens is 2. The van der Waals surface area contributed by atoms with E-state index in [9.17, 15) is 9.90 Å². The number of nitrogens with zero attached hydrogens (tertiary/aromatic N) is 1. The molecule has 0 aromatic carbocycles. The van der Waals surface area contributed by atoms with Crippen LogP contribution in [-0.2, 0) is 21.7 Å². The molecule has 0 aliphatic rings. The molecule has 1 aromatic heterocycles. The Morgan fingerprint density at radius 1 is 1.36 bits per heavy atom. The van der Waals surface area contributed by atoms with Crippen molar-refractivity contribution in [3.63, 3.8) is 0 Å².